The maximum absolute atomic E-state index is 6.39. The third kappa shape index (κ3) is 1.65. The van der Waals surface area contributed by atoms with Crippen LogP contribution in [0.2, 0.25) is 0 Å². The Bertz CT molecular complexity index is 554. The van der Waals surface area contributed by atoms with Gasteiger partial charge in [0.1, 0.15) is 0 Å². The molecule has 2 aromatic rings. The van der Waals surface area contributed by atoms with Gasteiger partial charge in [-0.1, -0.05) is 55.8 Å². The second-order valence-electron chi connectivity index (χ2n) is 5.59. The summed E-state index contributed by atoms with van der Waals surface area (Å²) in [7, 11) is 0. The molecule has 1 unspecified atom stereocenters. The molecule has 94 valence electrons. The zero-order valence-corrected chi connectivity index (χ0v) is 11.0. The largest absolute Gasteiger partial charge is 0.327 e. The van der Waals surface area contributed by atoms with Crippen molar-refractivity contribution in [2.24, 2.45) is 5.73 Å². The van der Waals surface area contributed by atoms with Gasteiger partial charge in [-0.05, 0) is 35.6 Å². The van der Waals surface area contributed by atoms with Crippen molar-refractivity contribution < 1.29 is 0 Å². The van der Waals surface area contributed by atoms with E-state index < -0.39 is 0 Å². The summed E-state index contributed by atoms with van der Waals surface area (Å²) in [5.74, 6) is 0. The SMILES string of the molecule is CCC(N)C1(c2ccc3ccccc3c2)CCC1. The number of rotatable bonds is 3. The summed E-state index contributed by atoms with van der Waals surface area (Å²) in [6, 6.07) is 15.8. The molecule has 0 aliphatic heterocycles. The summed E-state index contributed by atoms with van der Waals surface area (Å²) in [6.45, 7) is 2.20. The minimum Gasteiger partial charge on any atom is -0.327 e. The number of hydrogen-bond donors (Lipinski definition) is 1. The van der Waals surface area contributed by atoms with Gasteiger partial charge in [0.15, 0.2) is 0 Å². The van der Waals surface area contributed by atoms with Crippen molar-refractivity contribution in [3.8, 4) is 0 Å². The van der Waals surface area contributed by atoms with E-state index in [0.29, 0.717) is 6.04 Å². The molecular formula is C17H21N. The molecule has 1 aliphatic carbocycles. The molecule has 1 saturated carbocycles. The van der Waals surface area contributed by atoms with Crippen molar-refractivity contribution in [1.82, 2.24) is 0 Å². The number of nitrogens with two attached hydrogens (primary N) is 1. The van der Waals surface area contributed by atoms with E-state index in [0.717, 1.165) is 6.42 Å². The van der Waals surface area contributed by atoms with Gasteiger partial charge < -0.3 is 5.73 Å². The molecule has 0 amide bonds. The summed E-state index contributed by atoms with van der Waals surface area (Å²) in [5.41, 5.74) is 8.08. The summed E-state index contributed by atoms with van der Waals surface area (Å²) >= 11 is 0. The smallest absolute Gasteiger partial charge is 0.0134 e. The predicted octanol–water partition coefficient (Wildman–Crippen LogP) is 4.00. The van der Waals surface area contributed by atoms with Crippen molar-refractivity contribution in [3.05, 3.63) is 48.0 Å². The van der Waals surface area contributed by atoms with Crippen LogP contribution < -0.4 is 5.73 Å². The van der Waals surface area contributed by atoms with Crippen molar-refractivity contribution in [2.45, 2.75) is 44.1 Å². The molecule has 1 nitrogen and oxygen atoms in total. The first kappa shape index (κ1) is 11.7. The first-order chi connectivity index (χ1) is 8.76. The lowest BCUT2D eigenvalue weighted by molar-refractivity contribution is 0.192. The lowest BCUT2D eigenvalue weighted by Crippen LogP contribution is -2.50. The van der Waals surface area contributed by atoms with Crippen LogP contribution >= 0.6 is 0 Å². The average Bonchev–Trinajstić information content (AvgIpc) is 2.37. The van der Waals surface area contributed by atoms with Gasteiger partial charge in [0.05, 0.1) is 0 Å². The molecule has 1 aliphatic rings. The lowest BCUT2D eigenvalue weighted by atomic mass is 9.59. The first-order valence-electron chi connectivity index (χ1n) is 7.01. The minimum absolute atomic E-state index is 0.249. The molecule has 1 fully saturated rings. The standard InChI is InChI=1S/C17H21N/c1-2-16(18)17(10-5-11-17)15-9-8-13-6-3-4-7-14(13)12-15/h3-4,6-9,12,16H,2,5,10-11,18H2,1H3. The van der Waals surface area contributed by atoms with Crippen LogP contribution in [-0.4, -0.2) is 6.04 Å². The normalized spacial score (nSPS) is 19.4. The summed E-state index contributed by atoms with van der Waals surface area (Å²) in [6.07, 6.45) is 4.88. The van der Waals surface area contributed by atoms with Gasteiger partial charge in [0, 0.05) is 11.5 Å². The Labute approximate surface area is 109 Å². The van der Waals surface area contributed by atoms with Crippen molar-refractivity contribution in [3.63, 3.8) is 0 Å². The van der Waals surface area contributed by atoms with Crippen LogP contribution in [-0.2, 0) is 5.41 Å². The van der Waals surface area contributed by atoms with Crippen LogP contribution in [0.3, 0.4) is 0 Å². The highest BCUT2D eigenvalue weighted by Crippen LogP contribution is 2.47. The van der Waals surface area contributed by atoms with Crippen LogP contribution in [0.25, 0.3) is 10.8 Å². The molecule has 2 N–H and O–H groups in total. The molecule has 0 aromatic heterocycles. The van der Waals surface area contributed by atoms with Crippen molar-refractivity contribution >= 4 is 10.8 Å². The third-order valence-electron chi connectivity index (χ3n) is 4.72. The maximum atomic E-state index is 6.39. The van der Waals surface area contributed by atoms with Crippen LogP contribution in [0.5, 0.6) is 0 Å². The van der Waals surface area contributed by atoms with Gasteiger partial charge in [-0.25, -0.2) is 0 Å². The second kappa shape index (κ2) is 4.40. The molecule has 18 heavy (non-hydrogen) atoms. The molecule has 0 heterocycles. The van der Waals surface area contributed by atoms with E-state index in [4.69, 9.17) is 5.73 Å². The van der Waals surface area contributed by atoms with Gasteiger partial charge in [0.2, 0.25) is 0 Å². The predicted molar refractivity (Wildman–Crippen MR) is 77.7 cm³/mol. The minimum atomic E-state index is 0.249. The Morgan fingerprint density at radius 2 is 1.83 bits per heavy atom. The summed E-state index contributed by atoms with van der Waals surface area (Å²) < 4.78 is 0. The Morgan fingerprint density at radius 3 is 2.44 bits per heavy atom. The van der Waals surface area contributed by atoms with Gasteiger partial charge in [-0.15, -0.1) is 0 Å². The van der Waals surface area contributed by atoms with Crippen LogP contribution in [0.4, 0.5) is 0 Å². The van der Waals surface area contributed by atoms with Crippen LogP contribution in [0.1, 0.15) is 38.2 Å². The van der Waals surface area contributed by atoms with Gasteiger partial charge in [0.25, 0.3) is 0 Å². The highest BCUT2D eigenvalue weighted by atomic mass is 14.7. The molecule has 0 spiro atoms. The van der Waals surface area contributed by atoms with Crippen LogP contribution in [0.15, 0.2) is 42.5 Å². The quantitative estimate of drug-likeness (QED) is 0.860. The number of hydrogen-bond acceptors (Lipinski definition) is 1. The Morgan fingerprint density at radius 1 is 1.11 bits per heavy atom. The number of benzene rings is 2. The maximum Gasteiger partial charge on any atom is 0.0134 e. The Kier molecular flexibility index (Phi) is 2.87. The van der Waals surface area contributed by atoms with E-state index in [1.807, 2.05) is 0 Å². The monoisotopic (exact) mass is 239 g/mol. The number of fused-ring (bicyclic) bond motifs is 1. The fraction of sp³-hybridized carbons (Fsp3) is 0.412. The van der Waals surface area contributed by atoms with E-state index in [2.05, 4.69) is 49.4 Å². The molecule has 1 atom stereocenters. The highest BCUT2D eigenvalue weighted by Gasteiger charge is 2.42. The van der Waals surface area contributed by atoms with E-state index in [9.17, 15) is 0 Å². The topological polar surface area (TPSA) is 26.0 Å². The van der Waals surface area contributed by atoms with E-state index in [-0.39, 0.29) is 5.41 Å². The van der Waals surface area contributed by atoms with Crippen molar-refractivity contribution in [2.75, 3.05) is 0 Å². The summed E-state index contributed by atoms with van der Waals surface area (Å²) in [4.78, 5) is 0. The third-order valence-corrected chi connectivity index (χ3v) is 4.72. The molecule has 0 radical (unpaired) electrons. The molecular weight excluding hydrogens is 218 g/mol. The van der Waals surface area contributed by atoms with E-state index >= 15 is 0 Å². The zero-order valence-electron chi connectivity index (χ0n) is 11.0. The van der Waals surface area contributed by atoms with Crippen molar-refractivity contribution in [1.29, 1.82) is 0 Å². The average molecular weight is 239 g/mol. The van der Waals surface area contributed by atoms with Crippen LogP contribution in [0, 0.1) is 0 Å². The highest BCUT2D eigenvalue weighted by molar-refractivity contribution is 5.83. The molecule has 0 saturated heterocycles. The van der Waals surface area contributed by atoms with Gasteiger partial charge >= 0.3 is 0 Å². The Hall–Kier alpha value is -1.34. The molecule has 0 bridgehead atoms. The zero-order chi connectivity index (χ0) is 12.6. The molecule has 3 rings (SSSR count). The molecule has 2 aromatic carbocycles. The fourth-order valence-electron chi connectivity index (χ4n) is 3.32. The first-order valence-corrected chi connectivity index (χ1v) is 7.01. The summed E-state index contributed by atoms with van der Waals surface area (Å²) in [5, 5.41) is 2.66. The fourth-order valence-corrected chi connectivity index (χ4v) is 3.32. The Balaban J connectivity index is 2.07. The van der Waals surface area contributed by atoms with E-state index in [1.165, 1.54) is 35.6 Å². The lowest BCUT2D eigenvalue weighted by Gasteiger charge is -2.47. The molecule has 1 heteroatoms. The van der Waals surface area contributed by atoms with Gasteiger partial charge in [-0.2, -0.15) is 0 Å². The second-order valence-corrected chi connectivity index (χ2v) is 5.59. The van der Waals surface area contributed by atoms with Gasteiger partial charge in [-0.3, -0.25) is 0 Å². The van der Waals surface area contributed by atoms with E-state index in [1.54, 1.807) is 0 Å².